The van der Waals surface area contributed by atoms with Gasteiger partial charge in [-0.05, 0) is 30.7 Å². The van der Waals surface area contributed by atoms with Crippen molar-refractivity contribution in [1.82, 2.24) is 0 Å². The van der Waals surface area contributed by atoms with E-state index in [1.54, 1.807) is 23.1 Å². The first-order valence-corrected chi connectivity index (χ1v) is 6.76. The first-order valence-electron chi connectivity index (χ1n) is 6.76. The largest absolute Gasteiger partial charge is 0.441 e. The number of hydrogen-bond donors (Lipinski definition) is 1. The van der Waals surface area contributed by atoms with Crippen LogP contribution < -0.4 is 10.2 Å². The summed E-state index contributed by atoms with van der Waals surface area (Å²) in [5.74, 6) is 0.651. The number of benzene rings is 1. The van der Waals surface area contributed by atoms with E-state index in [-0.39, 0.29) is 5.57 Å². The minimum absolute atomic E-state index is 0.0128. The fourth-order valence-electron chi connectivity index (χ4n) is 1.87. The standard InChI is InChI=1S/C17H17N3O2/c1-12-5-4-6-14(9-12)19-17(21)13(11-18)10-15-7-8-16(22-15)20(2)3/h4-10H,1-3H3,(H,19,21)/b13-10+. The van der Waals surface area contributed by atoms with E-state index in [0.29, 0.717) is 17.3 Å². The normalized spacial score (nSPS) is 10.9. The Kier molecular flexibility index (Phi) is 4.64. The highest BCUT2D eigenvalue weighted by molar-refractivity contribution is 6.09. The zero-order valence-electron chi connectivity index (χ0n) is 12.8. The van der Waals surface area contributed by atoms with Crippen LogP contribution in [0.25, 0.3) is 6.08 Å². The summed E-state index contributed by atoms with van der Waals surface area (Å²) in [4.78, 5) is 13.9. The van der Waals surface area contributed by atoms with Crippen molar-refractivity contribution < 1.29 is 9.21 Å². The fourth-order valence-corrected chi connectivity index (χ4v) is 1.87. The van der Waals surface area contributed by atoms with E-state index in [1.807, 2.05) is 45.3 Å². The van der Waals surface area contributed by atoms with Gasteiger partial charge in [0.2, 0.25) is 0 Å². The van der Waals surface area contributed by atoms with Crippen LogP contribution in [-0.2, 0) is 4.79 Å². The monoisotopic (exact) mass is 295 g/mol. The number of nitrogens with one attached hydrogen (secondary N) is 1. The Balaban J connectivity index is 2.18. The zero-order chi connectivity index (χ0) is 16.1. The van der Waals surface area contributed by atoms with Crippen molar-refractivity contribution in [3.63, 3.8) is 0 Å². The smallest absolute Gasteiger partial charge is 0.266 e. The topological polar surface area (TPSA) is 69.3 Å². The molecule has 0 aliphatic carbocycles. The predicted octanol–water partition coefficient (Wildman–Crippen LogP) is 3.20. The number of aryl methyl sites for hydroxylation is 1. The number of furan rings is 1. The summed E-state index contributed by atoms with van der Waals surface area (Å²) in [5, 5.41) is 11.9. The first kappa shape index (κ1) is 15.4. The van der Waals surface area contributed by atoms with Crippen molar-refractivity contribution in [2.45, 2.75) is 6.92 Å². The molecule has 0 unspecified atom stereocenters. The molecule has 0 aliphatic rings. The molecule has 22 heavy (non-hydrogen) atoms. The molecule has 2 aromatic rings. The van der Waals surface area contributed by atoms with Crippen LogP contribution in [0.4, 0.5) is 11.6 Å². The van der Waals surface area contributed by atoms with Gasteiger partial charge in [-0.25, -0.2) is 0 Å². The third-order valence-corrected chi connectivity index (χ3v) is 2.98. The van der Waals surface area contributed by atoms with Crippen LogP contribution in [0.1, 0.15) is 11.3 Å². The fraction of sp³-hybridized carbons (Fsp3) is 0.176. The summed E-state index contributed by atoms with van der Waals surface area (Å²) in [7, 11) is 3.70. The van der Waals surface area contributed by atoms with Gasteiger partial charge in [0, 0.05) is 31.9 Å². The average molecular weight is 295 g/mol. The molecule has 0 spiro atoms. The third kappa shape index (κ3) is 3.76. The molecule has 0 saturated heterocycles. The number of hydrogen-bond acceptors (Lipinski definition) is 4. The van der Waals surface area contributed by atoms with Crippen molar-refractivity contribution >= 4 is 23.6 Å². The van der Waals surface area contributed by atoms with Gasteiger partial charge >= 0.3 is 0 Å². The van der Waals surface area contributed by atoms with Gasteiger partial charge < -0.3 is 14.6 Å². The van der Waals surface area contributed by atoms with Crippen LogP contribution in [-0.4, -0.2) is 20.0 Å². The molecule has 0 fully saturated rings. The van der Waals surface area contributed by atoms with E-state index in [9.17, 15) is 10.1 Å². The van der Waals surface area contributed by atoms with Gasteiger partial charge in [-0.3, -0.25) is 4.79 Å². The van der Waals surface area contributed by atoms with E-state index in [1.165, 1.54) is 6.08 Å². The highest BCUT2D eigenvalue weighted by Gasteiger charge is 2.11. The van der Waals surface area contributed by atoms with E-state index in [0.717, 1.165) is 5.56 Å². The molecule has 0 bridgehead atoms. The number of rotatable bonds is 4. The zero-order valence-corrected chi connectivity index (χ0v) is 12.8. The van der Waals surface area contributed by atoms with Gasteiger partial charge in [-0.2, -0.15) is 5.26 Å². The molecule has 112 valence electrons. The van der Waals surface area contributed by atoms with Gasteiger partial charge in [-0.1, -0.05) is 12.1 Å². The number of nitriles is 1. The maximum atomic E-state index is 12.1. The van der Waals surface area contributed by atoms with E-state index < -0.39 is 5.91 Å². The summed E-state index contributed by atoms with van der Waals surface area (Å²) in [6.45, 7) is 1.93. The van der Waals surface area contributed by atoms with E-state index in [2.05, 4.69) is 5.32 Å². The summed E-state index contributed by atoms with van der Waals surface area (Å²) in [6, 6.07) is 12.8. The number of anilines is 2. The van der Waals surface area contributed by atoms with Crippen LogP contribution in [0.3, 0.4) is 0 Å². The van der Waals surface area contributed by atoms with Crippen LogP contribution in [0.2, 0.25) is 0 Å². The number of carbonyl (C=O) groups excluding carboxylic acids is 1. The molecule has 2 rings (SSSR count). The molecular weight excluding hydrogens is 278 g/mol. The lowest BCUT2D eigenvalue weighted by Gasteiger charge is -2.06. The minimum atomic E-state index is -0.462. The third-order valence-electron chi connectivity index (χ3n) is 2.98. The number of carbonyl (C=O) groups is 1. The van der Waals surface area contributed by atoms with E-state index in [4.69, 9.17) is 4.42 Å². The Morgan fingerprint density at radius 1 is 1.32 bits per heavy atom. The summed E-state index contributed by atoms with van der Waals surface area (Å²) in [5.41, 5.74) is 1.67. The predicted molar refractivity (Wildman–Crippen MR) is 86.4 cm³/mol. The molecule has 1 aromatic heterocycles. The molecule has 5 heteroatoms. The molecule has 0 saturated carbocycles. The Hall–Kier alpha value is -3.00. The lowest BCUT2D eigenvalue weighted by Crippen LogP contribution is -2.13. The summed E-state index contributed by atoms with van der Waals surface area (Å²) in [6.07, 6.45) is 1.43. The average Bonchev–Trinajstić information content (AvgIpc) is 2.93. The summed E-state index contributed by atoms with van der Waals surface area (Å²) >= 11 is 0. The molecular formula is C17H17N3O2. The maximum Gasteiger partial charge on any atom is 0.266 e. The first-order chi connectivity index (χ1) is 10.5. The molecule has 1 aromatic carbocycles. The summed E-state index contributed by atoms with van der Waals surface area (Å²) < 4.78 is 5.52. The van der Waals surface area contributed by atoms with Crippen LogP contribution >= 0.6 is 0 Å². The van der Waals surface area contributed by atoms with Gasteiger partial charge in [0.05, 0.1) is 0 Å². The minimum Gasteiger partial charge on any atom is -0.441 e. The van der Waals surface area contributed by atoms with Crippen LogP contribution in [0, 0.1) is 18.3 Å². The number of amides is 1. The number of nitrogens with zero attached hydrogens (tertiary/aromatic N) is 2. The van der Waals surface area contributed by atoms with E-state index >= 15 is 0 Å². The molecule has 1 heterocycles. The van der Waals surface area contributed by atoms with Crippen molar-refractivity contribution in [2.24, 2.45) is 0 Å². The highest BCUT2D eigenvalue weighted by atomic mass is 16.4. The SMILES string of the molecule is Cc1cccc(NC(=O)/C(C#N)=C/c2ccc(N(C)C)o2)c1. The van der Waals surface area contributed by atoms with Crippen LogP contribution in [0.5, 0.6) is 0 Å². The molecule has 0 atom stereocenters. The Morgan fingerprint density at radius 2 is 2.09 bits per heavy atom. The van der Waals surface area contributed by atoms with Crippen LogP contribution in [0.15, 0.2) is 46.4 Å². The molecule has 0 aliphatic heterocycles. The maximum absolute atomic E-state index is 12.1. The Morgan fingerprint density at radius 3 is 2.68 bits per heavy atom. The second kappa shape index (κ2) is 6.64. The quantitative estimate of drug-likeness (QED) is 0.694. The van der Waals surface area contributed by atoms with Gasteiger partial charge in [0.1, 0.15) is 17.4 Å². The lowest BCUT2D eigenvalue weighted by atomic mass is 10.2. The molecule has 1 amide bonds. The Bertz CT molecular complexity index is 751. The van der Waals surface area contributed by atoms with Gasteiger partial charge in [-0.15, -0.1) is 0 Å². The molecule has 1 N–H and O–H groups in total. The molecule has 0 radical (unpaired) electrons. The van der Waals surface area contributed by atoms with Crippen molar-refractivity contribution in [2.75, 3.05) is 24.3 Å². The van der Waals surface area contributed by atoms with Crippen molar-refractivity contribution in [3.8, 4) is 6.07 Å². The lowest BCUT2D eigenvalue weighted by molar-refractivity contribution is -0.112. The molecule has 5 nitrogen and oxygen atoms in total. The van der Waals surface area contributed by atoms with Crippen molar-refractivity contribution in [1.29, 1.82) is 5.26 Å². The van der Waals surface area contributed by atoms with Crippen molar-refractivity contribution in [3.05, 3.63) is 53.3 Å². The van der Waals surface area contributed by atoms with Gasteiger partial charge in [0.25, 0.3) is 5.91 Å². The second-order valence-corrected chi connectivity index (χ2v) is 5.06. The second-order valence-electron chi connectivity index (χ2n) is 5.06. The van der Waals surface area contributed by atoms with Gasteiger partial charge in [0.15, 0.2) is 5.88 Å². The highest BCUT2D eigenvalue weighted by Crippen LogP contribution is 2.19. The Labute approximate surface area is 129 Å².